The van der Waals surface area contributed by atoms with Crippen molar-refractivity contribution >= 4 is 23.2 Å². The number of nitrogens with zero attached hydrogens (tertiary/aromatic N) is 1. The fourth-order valence-electron chi connectivity index (χ4n) is 1.26. The fraction of sp³-hybridized carbons (Fsp3) is 0.300. The Morgan fingerprint density at radius 1 is 1.47 bits per heavy atom. The van der Waals surface area contributed by atoms with Crippen molar-refractivity contribution in [2.45, 2.75) is 6.42 Å². The molecule has 92 valence electrons. The predicted octanol–water partition coefficient (Wildman–Crippen LogP) is 2.81. The van der Waals surface area contributed by atoms with Crippen molar-refractivity contribution < 1.29 is 18.5 Å². The van der Waals surface area contributed by atoms with Crippen molar-refractivity contribution in [2.24, 2.45) is 0 Å². The van der Waals surface area contributed by atoms with Gasteiger partial charge < -0.3 is 0 Å². The van der Waals surface area contributed by atoms with E-state index in [1.54, 1.807) is 6.26 Å². The van der Waals surface area contributed by atoms with Crippen molar-refractivity contribution in [3.63, 3.8) is 0 Å². The zero-order chi connectivity index (χ0) is 13.0. The molecule has 0 amide bonds. The highest BCUT2D eigenvalue weighted by atomic mass is 32.2. The minimum Gasteiger partial charge on any atom is -0.294 e. The van der Waals surface area contributed by atoms with E-state index in [2.05, 4.69) is 0 Å². The lowest BCUT2D eigenvalue weighted by atomic mass is 10.1. The van der Waals surface area contributed by atoms with Crippen molar-refractivity contribution in [3.8, 4) is 0 Å². The van der Waals surface area contributed by atoms with Gasteiger partial charge in [-0.25, -0.2) is 4.39 Å². The maximum Gasteiger partial charge on any atom is 0.305 e. The molecule has 0 spiro atoms. The van der Waals surface area contributed by atoms with E-state index in [1.807, 2.05) is 0 Å². The number of hydrogen-bond acceptors (Lipinski definition) is 4. The van der Waals surface area contributed by atoms with Crippen LogP contribution in [0.3, 0.4) is 0 Å². The Hall–Kier alpha value is -1.50. The van der Waals surface area contributed by atoms with Crippen molar-refractivity contribution in [3.05, 3.63) is 39.4 Å². The molecule has 0 radical (unpaired) electrons. The van der Waals surface area contributed by atoms with Crippen LogP contribution in [0.4, 0.5) is 14.5 Å². The summed E-state index contributed by atoms with van der Waals surface area (Å²) < 4.78 is 26.8. The van der Waals surface area contributed by atoms with Gasteiger partial charge in [0, 0.05) is 18.2 Å². The van der Waals surface area contributed by atoms with Gasteiger partial charge in [0.05, 0.1) is 10.5 Å². The number of carbonyl (C=O) groups is 1. The third kappa shape index (κ3) is 3.00. The summed E-state index contributed by atoms with van der Waals surface area (Å²) in [5.74, 6) is -2.83. The SMILES string of the molecule is CSCCC(=O)c1c(F)ccc([N+](=O)[O-])c1F. The monoisotopic (exact) mass is 261 g/mol. The van der Waals surface area contributed by atoms with Crippen LogP contribution >= 0.6 is 11.8 Å². The van der Waals surface area contributed by atoms with Gasteiger partial charge in [0.25, 0.3) is 0 Å². The third-order valence-electron chi connectivity index (χ3n) is 2.08. The van der Waals surface area contributed by atoms with E-state index in [0.717, 1.165) is 6.07 Å². The maximum absolute atomic E-state index is 13.6. The van der Waals surface area contributed by atoms with Gasteiger partial charge >= 0.3 is 5.69 Å². The molecule has 0 aliphatic carbocycles. The highest BCUT2D eigenvalue weighted by Crippen LogP contribution is 2.24. The lowest BCUT2D eigenvalue weighted by Gasteiger charge is -2.03. The number of nitro groups is 1. The third-order valence-corrected chi connectivity index (χ3v) is 2.69. The largest absolute Gasteiger partial charge is 0.305 e. The molecule has 7 heteroatoms. The standard InChI is InChI=1S/C10H9F2NO3S/c1-17-5-4-8(14)9-6(11)2-3-7(10(9)12)13(15)16/h2-3H,4-5H2,1H3. The molecule has 4 nitrogen and oxygen atoms in total. The van der Waals surface area contributed by atoms with Crippen LogP contribution in [0.15, 0.2) is 12.1 Å². The Morgan fingerprint density at radius 2 is 2.12 bits per heavy atom. The van der Waals surface area contributed by atoms with Crippen LogP contribution in [-0.4, -0.2) is 22.7 Å². The molecule has 1 aromatic carbocycles. The van der Waals surface area contributed by atoms with Crippen molar-refractivity contribution in [1.82, 2.24) is 0 Å². The van der Waals surface area contributed by atoms with Crippen LogP contribution < -0.4 is 0 Å². The summed E-state index contributed by atoms with van der Waals surface area (Å²) in [6.45, 7) is 0. The first-order valence-electron chi connectivity index (χ1n) is 4.63. The van der Waals surface area contributed by atoms with Gasteiger partial charge in [0.15, 0.2) is 5.78 Å². The van der Waals surface area contributed by atoms with Gasteiger partial charge in [0.2, 0.25) is 5.82 Å². The number of benzene rings is 1. The highest BCUT2D eigenvalue weighted by Gasteiger charge is 2.25. The summed E-state index contributed by atoms with van der Waals surface area (Å²) in [6.07, 6.45) is 1.68. The van der Waals surface area contributed by atoms with Crippen LogP contribution in [0, 0.1) is 21.7 Å². The minimum atomic E-state index is -1.40. The second-order valence-corrected chi connectivity index (χ2v) is 4.16. The fourth-order valence-corrected chi connectivity index (χ4v) is 1.65. The molecule has 0 N–H and O–H groups in total. The smallest absolute Gasteiger partial charge is 0.294 e. The average molecular weight is 261 g/mol. The number of rotatable bonds is 5. The van der Waals surface area contributed by atoms with Crippen LogP contribution in [0.2, 0.25) is 0 Å². The van der Waals surface area contributed by atoms with Gasteiger partial charge in [0.1, 0.15) is 5.82 Å². The van der Waals surface area contributed by atoms with Gasteiger partial charge in [-0.1, -0.05) is 0 Å². The maximum atomic E-state index is 13.6. The van der Waals surface area contributed by atoms with Crippen molar-refractivity contribution in [2.75, 3.05) is 12.0 Å². The first kappa shape index (κ1) is 13.6. The van der Waals surface area contributed by atoms with E-state index in [0.29, 0.717) is 11.8 Å². The molecule has 17 heavy (non-hydrogen) atoms. The van der Waals surface area contributed by atoms with Gasteiger partial charge in [-0.05, 0) is 12.3 Å². The van der Waals surface area contributed by atoms with Gasteiger partial charge in [-0.3, -0.25) is 14.9 Å². The zero-order valence-corrected chi connectivity index (χ0v) is 9.72. The lowest BCUT2D eigenvalue weighted by molar-refractivity contribution is -0.387. The average Bonchev–Trinajstić information content (AvgIpc) is 2.25. The van der Waals surface area contributed by atoms with Gasteiger partial charge in [-0.15, -0.1) is 0 Å². The molecule has 0 heterocycles. The first-order chi connectivity index (χ1) is 7.99. The molecular formula is C10H9F2NO3S. The van der Waals surface area contributed by atoms with E-state index in [9.17, 15) is 23.7 Å². The molecule has 0 aliphatic rings. The van der Waals surface area contributed by atoms with E-state index in [-0.39, 0.29) is 6.42 Å². The second kappa shape index (κ2) is 5.72. The molecule has 0 bridgehead atoms. The Morgan fingerprint density at radius 3 is 2.65 bits per heavy atom. The normalized spacial score (nSPS) is 10.3. The minimum absolute atomic E-state index is 0.0594. The molecule has 0 aromatic heterocycles. The molecule has 0 saturated heterocycles. The number of nitro benzene ring substituents is 1. The summed E-state index contributed by atoms with van der Waals surface area (Å²) >= 11 is 1.35. The van der Waals surface area contributed by atoms with Gasteiger partial charge in [-0.2, -0.15) is 16.2 Å². The Labute approximate surface area is 100 Å². The molecule has 0 fully saturated rings. The molecule has 0 saturated carbocycles. The first-order valence-corrected chi connectivity index (χ1v) is 6.03. The number of ketones is 1. The van der Waals surface area contributed by atoms with Crippen molar-refractivity contribution in [1.29, 1.82) is 0 Å². The highest BCUT2D eigenvalue weighted by molar-refractivity contribution is 7.98. The quantitative estimate of drug-likeness (QED) is 0.464. The Balaban J connectivity index is 3.18. The Bertz CT molecular complexity index is 465. The topological polar surface area (TPSA) is 60.2 Å². The summed E-state index contributed by atoms with van der Waals surface area (Å²) in [7, 11) is 0. The predicted molar refractivity (Wildman–Crippen MR) is 60.3 cm³/mol. The molecule has 0 aliphatic heterocycles. The van der Waals surface area contributed by atoms with E-state index < -0.39 is 33.6 Å². The molecule has 0 atom stereocenters. The number of halogens is 2. The number of thioether (sulfide) groups is 1. The lowest BCUT2D eigenvalue weighted by Crippen LogP contribution is -2.09. The number of carbonyl (C=O) groups excluding carboxylic acids is 1. The molecular weight excluding hydrogens is 252 g/mol. The second-order valence-electron chi connectivity index (χ2n) is 3.18. The zero-order valence-electron chi connectivity index (χ0n) is 8.91. The van der Waals surface area contributed by atoms with Crippen LogP contribution in [0.25, 0.3) is 0 Å². The molecule has 1 aromatic rings. The summed E-state index contributed by atoms with van der Waals surface area (Å²) in [5, 5.41) is 10.4. The van der Waals surface area contributed by atoms with Crippen LogP contribution in [-0.2, 0) is 0 Å². The molecule has 0 unspecified atom stereocenters. The van der Waals surface area contributed by atoms with E-state index in [1.165, 1.54) is 11.8 Å². The molecule has 1 rings (SSSR count). The summed E-state index contributed by atoms with van der Waals surface area (Å²) in [5.41, 5.74) is -1.72. The Kier molecular flexibility index (Phi) is 4.56. The van der Waals surface area contributed by atoms with E-state index >= 15 is 0 Å². The number of Topliss-reactive ketones (excluding diaryl/α,β-unsaturated/α-hetero) is 1. The van der Waals surface area contributed by atoms with Crippen LogP contribution in [0.1, 0.15) is 16.8 Å². The summed E-state index contributed by atoms with van der Waals surface area (Å²) in [4.78, 5) is 21.0. The summed E-state index contributed by atoms with van der Waals surface area (Å²) in [6, 6.07) is 1.43. The van der Waals surface area contributed by atoms with E-state index in [4.69, 9.17) is 0 Å². The van der Waals surface area contributed by atoms with Crippen LogP contribution in [0.5, 0.6) is 0 Å². The number of hydrogen-bond donors (Lipinski definition) is 0.